The third-order valence-electron chi connectivity index (χ3n) is 10.2. The van der Waals surface area contributed by atoms with Gasteiger partial charge >= 0.3 is 0 Å². The molecule has 7 rings (SSSR count). The van der Waals surface area contributed by atoms with Gasteiger partial charge in [0, 0.05) is 35.1 Å². The van der Waals surface area contributed by atoms with Crippen LogP contribution in [-0.4, -0.2) is 0 Å². The molecule has 1 nitrogen and oxygen atoms in total. The number of halogens is 2. The molecular weight excluding hydrogens is 508 g/mol. The lowest BCUT2D eigenvalue weighted by atomic mass is 9.54. The van der Waals surface area contributed by atoms with Crippen LogP contribution in [0.15, 0.2) is 59.6 Å². The highest BCUT2D eigenvalue weighted by atomic mass is 19.1. The molecule has 0 bridgehead atoms. The first-order valence-corrected chi connectivity index (χ1v) is 14.8. The van der Waals surface area contributed by atoms with Crippen molar-refractivity contribution in [1.29, 1.82) is 0 Å². The fourth-order valence-electron chi connectivity index (χ4n) is 8.85. The Labute approximate surface area is 241 Å². The average molecular weight is 546 g/mol. The number of hydrogen-bond donors (Lipinski definition) is 1. The topological polar surface area (TPSA) is 26.0 Å². The summed E-state index contributed by atoms with van der Waals surface area (Å²) in [6.45, 7) is 21.6. The summed E-state index contributed by atoms with van der Waals surface area (Å²) in [7, 11) is 0. The van der Waals surface area contributed by atoms with Gasteiger partial charge in [-0.05, 0) is 142 Å². The monoisotopic (exact) mass is 545 g/mol. The summed E-state index contributed by atoms with van der Waals surface area (Å²) in [5.41, 5.74) is 23.6. The molecule has 2 aromatic rings. The highest BCUT2D eigenvalue weighted by molar-refractivity contribution is 6.05. The van der Waals surface area contributed by atoms with Gasteiger partial charge in [0.1, 0.15) is 11.6 Å². The molecule has 0 aromatic heterocycles. The first kappa shape index (κ1) is 26.2. The van der Waals surface area contributed by atoms with Gasteiger partial charge in [-0.25, -0.2) is 8.78 Å². The van der Waals surface area contributed by atoms with E-state index in [1.54, 1.807) is 12.1 Å². The lowest BCUT2D eigenvalue weighted by molar-refractivity contribution is 0.606. The molecule has 0 heterocycles. The Bertz CT molecular complexity index is 1940. The van der Waals surface area contributed by atoms with Gasteiger partial charge in [-0.2, -0.15) is 0 Å². The Morgan fingerprint density at radius 2 is 1.76 bits per heavy atom. The Balaban J connectivity index is 1.87. The number of rotatable bonds is 2. The summed E-state index contributed by atoms with van der Waals surface area (Å²) in [6, 6.07) is 1.67. The summed E-state index contributed by atoms with van der Waals surface area (Å²) in [4.78, 5) is 0. The minimum absolute atomic E-state index is 0.0252. The molecule has 0 saturated heterocycles. The molecule has 5 aliphatic carbocycles. The molecule has 0 saturated carbocycles. The van der Waals surface area contributed by atoms with Gasteiger partial charge in [-0.1, -0.05) is 38.7 Å². The number of nitrogens with two attached hydrogens (primary N) is 1. The fourth-order valence-corrected chi connectivity index (χ4v) is 8.85. The minimum Gasteiger partial charge on any atom is -0.402 e. The van der Waals surface area contributed by atoms with E-state index < -0.39 is 0 Å². The van der Waals surface area contributed by atoms with Crippen LogP contribution in [0.1, 0.15) is 99.1 Å². The predicted molar refractivity (Wildman–Crippen MR) is 168 cm³/mol. The number of fused-ring (bicyclic) bond motifs is 6. The Morgan fingerprint density at radius 3 is 2.44 bits per heavy atom. The second-order valence-corrected chi connectivity index (χ2v) is 12.8. The summed E-state index contributed by atoms with van der Waals surface area (Å²) >= 11 is 0. The SMILES string of the molecule is C=C(C)c1c(F)cc(C)c2c1-c1c3c4c(c5c1=CCC(F)=CC=5C)C(C)CC(C)=C4C(=C)C1C(N)=CC(CC)=C2C31. The molecule has 0 amide bonds. The smallest absolute Gasteiger partial charge is 0.131 e. The van der Waals surface area contributed by atoms with E-state index in [4.69, 9.17) is 12.3 Å². The van der Waals surface area contributed by atoms with E-state index in [2.05, 4.69) is 33.4 Å². The second-order valence-electron chi connectivity index (χ2n) is 12.8. The van der Waals surface area contributed by atoms with Crippen molar-refractivity contribution in [1.82, 2.24) is 0 Å². The van der Waals surface area contributed by atoms with Gasteiger partial charge in [0.2, 0.25) is 0 Å². The van der Waals surface area contributed by atoms with E-state index in [1.165, 1.54) is 39.0 Å². The van der Waals surface area contributed by atoms with Crippen molar-refractivity contribution >= 4 is 28.4 Å². The zero-order valence-corrected chi connectivity index (χ0v) is 24.9. The Hall–Kier alpha value is -3.72. The summed E-state index contributed by atoms with van der Waals surface area (Å²) < 4.78 is 31.2. The van der Waals surface area contributed by atoms with Crippen LogP contribution in [0, 0.1) is 18.7 Å². The molecule has 41 heavy (non-hydrogen) atoms. The van der Waals surface area contributed by atoms with Gasteiger partial charge in [0.15, 0.2) is 0 Å². The number of aryl methyl sites for hydroxylation is 1. The van der Waals surface area contributed by atoms with Crippen molar-refractivity contribution in [3.8, 4) is 11.1 Å². The van der Waals surface area contributed by atoms with Crippen LogP contribution in [0.2, 0.25) is 0 Å². The van der Waals surface area contributed by atoms with Crippen LogP contribution < -0.4 is 16.2 Å². The van der Waals surface area contributed by atoms with Crippen LogP contribution in [0.3, 0.4) is 0 Å². The lowest BCUT2D eigenvalue weighted by Crippen LogP contribution is -2.43. The average Bonchev–Trinajstić information content (AvgIpc) is 3.04. The third kappa shape index (κ3) is 3.21. The Kier molecular flexibility index (Phi) is 5.52. The maximum atomic E-state index is 16.1. The fraction of sp³-hybridized carbons (Fsp3) is 0.316. The van der Waals surface area contributed by atoms with E-state index in [1.807, 2.05) is 26.8 Å². The molecule has 208 valence electrons. The van der Waals surface area contributed by atoms with Crippen LogP contribution in [0.25, 0.3) is 39.5 Å². The molecular formula is C38H37F2N. The van der Waals surface area contributed by atoms with E-state index in [0.29, 0.717) is 11.1 Å². The van der Waals surface area contributed by atoms with Crippen molar-refractivity contribution in [2.45, 2.75) is 72.6 Å². The minimum atomic E-state index is -0.258. The summed E-state index contributed by atoms with van der Waals surface area (Å²) in [6.07, 6.45) is 7.83. The molecule has 0 spiro atoms. The van der Waals surface area contributed by atoms with Gasteiger partial charge in [0.25, 0.3) is 0 Å². The predicted octanol–water partition coefficient (Wildman–Crippen LogP) is 8.63. The third-order valence-corrected chi connectivity index (χ3v) is 10.2. The summed E-state index contributed by atoms with van der Waals surface area (Å²) in [5.74, 6) is -0.263. The number of hydrogen-bond acceptors (Lipinski definition) is 1. The molecule has 3 unspecified atom stereocenters. The molecule has 2 aromatic carbocycles. The van der Waals surface area contributed by atoms with Gasteiger partial charge in [0.05, 0.1) is 0 Å². The maximum absolute atomic E-state index is 16.1. The molecule has 0 fully saturated rings. The number of allylic oxidation sites excluding steroid dienone is 9. The van der Waals surface area contributed by atoms with Crippen LogP contribution in [0.4, 0.5) is 8.78 Å². The largest absolute Gasteiger partial charge is 0.402 e. The van der Waals surface area contributed by atoms with E-state index in [0.717, 1.165) is 62.4 Å². The molecule has 5 aliphatic rings. The van der Waals surface area contributed by atoms with Crippen molar-refractivity contribution in [3.05, 3.63) is 109 Å². The first-order valence-electron chi connectivity index (χ1n) is 14.8. The van der Waals surface area contributed by atoms with Gasteiger partial charge < -0.3 is 5.73 Å². The Morgan fingerprint density at radius 1 is 1.02 bits per heavy atom. The van der Waals surface area contributed by atoms with Crippen molar-refractivity contribution in [3.63, 3.8) is 0 Å². The number of benzene rings is 2. The van der Waals surface area contributed by atoms with Crippen molar-refractivity contribution in [2.75, 3.05) is 0 Å². The molecule has 0 radical (unpaired) electrons. The zero-order valence-electron chi connectivity index (χ0n) is 24.9. The van der Waals surface area contributed by atoms with E-state index in [-0.39, 0.29) is 35.8 Å². The molecule has 0 aliphatic heterocycles. The van der Waals surface area contributed by atoms with Gasteiger partial charge in [-0.3, -0.25) is 0 Å². The standard InChI is InChI=1S/C38H37F2N/c1-9-22-15-26(41)32-21(8)28-17(4)12-18(5)30-29-19(6)13-23(39)10-11-24(29)34-35-27(16(2)3)25(40)14-20(7)31(35)33(22)37(32)38(34)36(28)30/h11,13-15,18,32,37H,2,8-10,12,41H2,1,3-7H3. The maximum Gasteiger partial charge on any atom is 0.131 e. The van der Waals surface area contributed by atoms with Crippen LogP contribution in [0.5, 0.6) is 0 Å². The molecule has 3 atom stereocenters. The van der Waals surface area contributed by atoms with Crippen molar-refractivity contribution < 1.29 is 8.78 Å². The van der Waals surface area contributed by atoms with E-state index in [9.17, 15) is 0 Å². The highest BCUT2D eigenvalue weighted by Gasteiger charge is 2.49. The first-order chi connectivity index (χ1) is 19.5. The van der Waals surface area contributed by atoms with E-state index >= 15 is 8.78 Å². The van der Waals surface area contributed by atoms with Gasteiger partial charge in [-0.15, -0.1) is 0 Å². The van der Waals surface area contributed by atoms with Crippen LogP contribution >= 0.6 is 0 Å². The molecule has 2 N–H and O–H groups in total. The van der Waals surface area contributed by atoms with Crippen LogP contribution in [-0.2, 0) is 0 Å². The normalized spacial score (nSPS) is 23.8. The zero-order chi connectivity index (χ0) is 29.2. The molecule has 3 heteroatoms. The summed E-state index contributed by atoms with van der Waals surface area (Å²) in [5, 5.41) is 2.12. The van der Waals surface area contributed by atoms with Crippen molar-refractivity contribution in [2.24, 2.45) is 11.7 Å². The quantitative estimate of drug-likeness (QED) is 0.402. The second kappa shape index (κ2) is 8.64. The lowest BCUT2D eigenvalue weighted by Gasteiger charge is -2.49. The highest BCUT2D eigenvalue weighted by Crippen LogP contribution is 2.64.